The molecule has 7 heteroatoms. The highest BCUT2D eigenvalue weighted by molar-refractivity contribution is 5.94. The molecule has 1 unspecified atom stereocenters. The molecular weight excluding hydrogens is 330 g/mol. The first-order chi connectivity index (χ1) is 12.5. The molecule has 26 heavy (non-hydrogen) atoms. The minimum atomic E-state index is -0.234. The van der Waals surface area contributed by atoms with Gasteiger partial charge in [-0.05, 0) is 37.1 Å². The maximum Gasteiger partial charge on any atom is 0.251 e. The van der Waals surface area contributed by atoms with Crippen molar-refractivity contribution in [3.63, 3.8) is 0 Å². The van der Waals surface area contributed by atoms with Gasteiger partial charge in [-0.2, -0.15) is 5.10 Å². The van der Waals surface area contributed by atoms with E-state index < -0.39 is 0 Å². The van der Waals surface area contributed by atoms with Gasteiger partial charge in [0.25, 0.3) is 5.91 Å². The highest BCUT2D eigenvalue weighted by Crippen LogP contribution is 2.25. The topological polar surface area (TPSA) is 81.9 Å². The zero-order valence-corrected chi connectivity index (χ0v) is 15.2. The van der Waals surface area contributed by atoms with Gasteiger partial charge in [0.2, 0.25) is 5.88 Å². The van der Waals surface area contributed by atoms with Crippen molar-refractivity contribution in [3.05, 3.63) is 59.8 Å². The van der Waals surface area contributed by atoms with Crippen LogP contribution >= 0.6 is 0 Å². The smallest absolute Gasteiger partial charge is 0.251 e. The van der Waals surface area contributed by atoms with Gasteiger partial charge in [-0.3, -0.25) is 9.48 Å². The van der Waals surface area contributed by atoms with E-state index in [4.69, 9.17) is 4.74 Å². The van der Waals surface area contributed by atoms with Crippen LogP contribution in [0.1, 0.15) is 34.7 Å². The number of aromatic nitrogens is 4. The van der Waals surface area contributed by atoms with Gasteiger partial charge in [0, 0.05) is 30.4 Å². The Morgan fingerprint density at radius 3 is 2.54 bits per heavy atom. The van der Waals surface area contributed by atoms with Crippen molar-refractivity contribution in [2.45, 2.75) is 19.9 Å². The Hall–Kier alpha value is -3.22. The van der Waals surface area contributed by atoms with Crippen molar-refractivity contribution >= 4 is 5.91 Å². The van der Waals surface area contributed by atoms with Gasteiger partial charge in [-0.1, -0.05) is 12.1 Å². The van der Waals surface area contributed by atoms with Gasteiger partial charge < -0.3 is 10.1 Å². The lowest BCUT2D eigenvalue weighted by atomic mass is 10.0. The predicted molar refractivity (Wildman–Crippen MR) is 97.8 cm³/mol. The zero-order valence-electron chi connectivity index (χ0n) is 15.2. The third-order valence-corrected chi connectivity index (χ3v) is 4.23. The number of carbonyl (C=O) groups is 1. The van der Waals surface area contributed by atoms with E-state index in [1.165, 1.54) is 6.33 Å². The van der Waals surface area contributed by atoms with Crippen LogP contribution in [0, 0.1) is 6.92 Å². The molecule has 1 aromatic carbocycles. The predicted octanol–water partition coefficient (Wildman–Crippen LogP) is 2.69. The molecule has 0 bridgehead atoms. The number of carbonyl (C=O) groups excluding carboxylic acids is 1. The summed E-state index contributed by atoms with van der Waals surface area (Å²) < 4.78 is 6.78. The average molecular weight is 351 g/mol. The molecule has 0 fully saturated rings. The summed E-state index contributed by atoms with van der Waals surface area (Å²) in [4.78, 5) is 20.9. The molecule has 1 amide bonds. The first kappa shape index (κ1) is 17.6. The minimum absolute atomic E-state index is 0.156. The van der Waals surface area contributed by atoms with Gasteiger partial charge in [-0.15, -0.1) is 0 Å². The van der Waals surface area contributed by atoms with E-state index in [0.717, 1.165) is 16.7 Å². The third kappa shape index (κ3) is 3.56. The van der Waals surface area contributed by atoms with Crippen LogP contribution in [0.5, 0.6) is 5.88 Å². The van der Waals surface area contributed by atoms with Crippen molar-refractivity contribution < 1.29 is 9.53 Å². The van der Waals surface area contributed by atoms with Crippen LogP contribution in [0.2, 0.25) is 0 Å². The number of hydrogen-bond acceptors (Lipinski definition) is 5. The van der Waals surface area contributed by atoms with E-state index in [1.807, 2.05) is 32.0 Å². The highest BCUT2D eigenvalue weighted by atomic mass is 16.5. The Labute approximate surface area is 152 Å². The van der Waals surface area contributed by atoms with Gasteiger partial charge in [-0.25, -0.2) is 9.97 Å². The van der Waals surface area contributed by atoms with Crippen LogP contribution < -0.4 is 10.1 Å². The molecule has 0 aliphatic carbocycles. The fraction of sp³-hybridized carbons (Fsp3) is 0.263. The van der Waals surface area contributed by atoms with E-state index in [0.29, 0.717) is 17.3 Å². The molecule has 3 rings (SSSR count). The second-order valence-electron chi connectivity index (χ2n) is 6.06. The fourth-order valence-corrected chi connectivity index (χ4v) is 2.79. The highest BCUT2D eigenvalue weighted by Gasteiger charge is 2.15. The van der Waals surface area contributed by atoms with Crippen LogP contribution in [0.15, 0.2) is 42.9 Å². The minimum Gasteiger partial charge on any atom is -0.481 e. The lowest BCUT2D eigenvalue weighted by Crippen LogP contribution is -2.28. The molecule has 2 heterocycles. The molecule has 0 spiro atoms. The fourth-order valence-electron chi connectivity index (χ4n) is 2.79. The lowest BCUT2D eigenvalue weighted by molar-refractivity contribution is 0.0937. The van der Waals surface area contributed by atoms with Crippen molar-refractivity contribution in [1.29, 1.82) is 0 Å². The van der Waals surface area contributed by atoms with E-state index in [1.54, 1.807) is 37.2 Å². The molecule has 1 atom stereocenters. The van der Waals surface area contributed by atoms with Gasteiger partial charge in [0.1, 0.15) is 12.2 Å². The maximum absolute atomic E-state index is 12.5. The molecule has 0 radical (unpaired) electrons. The molecule has 0 aliphatic heterocycles. The van der Waals surface area contributed by atoms with Gasteiger partial charge in [0.15, 0.2) is 0 Å². The summed E-state index contributed by atoms with van der Waals surface area (Å²) in [5.41, 5.74) is 3.65. The molecule has 3 aromatic rings. The van der Waals surface area contributed by atoms with Gasteiger partial charge >= 0.3 is 0 Å². The number of aryl methyl sites for hydroxylation is 2. The number of methoxy groups -OCH3 is 1. The van der Waals surface area contributed by atoms with Crippen molar-refractivity contribution in [1.82, 2.24) is 25.1 Å². The summed E-state index contributed by atoms with van der Waals surface area (Å²) in [6, 6.07) is 9.09. The number of amides is 1. The summed E-state index contributed by atoms with van der Waals surface area (Å²) in [7, 11) is 3.39. The second kappa shape index (κ2) is 7.35. The third-order valence-electron chi connectivity index (χ3n) is 4.23. The number of rotatable bonds is 5. The normalized spacial score (nSPS) is 11.8. The Kier molecular flexibility index (Phi) is 4.97. The SMILES string of the molecule is COc1cc(C)c(-c2ccc(C(=O)NC(C)c3ncnn3C)cc2)cn1. The lowest BCUT2D eigenvalue weighted by Gasteiger charge is -2.13. The Balaban J connectivity index is 1.75. The number of nitrogens with one attached hydrogen (secondary N) is 1. The second-order valence-corrected chi connectivity index (χ2v) is 6.06. The molecule has 7 nitrogen and oxygen atoms in total. The average Bonchev–Trinajstić information content (AvgIpc) is 3.07. The Bertz CT molecular complexity index is 918. The molecule has 0 saturated heterocycles. The molecular formula is C19H21N5O2. The number of ether oxygens (including phenoxy) is 1. The number of benzene rings is 1. The van der Waals surface area contributed by atoms with E-state index >= 15 is 0 Å². The quantitative estimate of drug-likeness (QED) is 0.764. The Morgan fingerprint density at radius 1 is 1.23 bits per heavy atom. The monoisotopic (exact) mass is 351 g/mol. The molecule has 1 N–H and O–H groups in total. The first-order valence-corrected chi connectivity index (χ1v) is 8.25. The summed E-state index contributed by atoms with van der Waals surface area (Å²) in [5.74, 6) is 1.13. The number of nitrogens with zero attached hydrogens (tertiary/aromatic N) is 4. The van der Waals surface area contributed by atoms with Crippen LogP contribution in [0.4, 0.5) is 0 Å². The molecule has 0 aliphatic rings. The van der Waals surface area contributed by atoms with Crippen LogP contribution in [-0.4, -0.2) is 32.8 Å². The van der Waals surface area contributed by atoms with Gasteiger partial charge in [0.05, 0.1) is 13.2 Å². The number of pyridine rings is 1. The maximum atomic E-state index is 12.5. The van der Waals surface area contributed by atoms with Crippen LogP contribution in [0.3, 0.4) is 0 Å². The van der Waals surface area contributed by atoms with Crippen LogP contribution in [0.25, 0.3) is 11.1 Å². The number of hydrogen-bond donors (Lipinski definition) is 1. The molecule has 2 aromatic heterocycles. The van der Waals surface area contributed by atoms with E-state index in [9.17, 15) is 4.79 Å². The summed E-state index contributed by atoms with van der Waals surface area (Å²) in [5, 5.41) is 6.96. The standard InChI is InChI=1S/C19H21N5O2/c1-12-9-17(26-4)20-10-16(12)14-5-7-15(8-6-14)19(25)23-13(2)18-21-11-22-24(18)3/h5-11,13H,1-4H3,(H,23,25). The summed E-state index contributed by atoms with van der Waals surface area (Å²) >= 11 is 0. The van der Waals surface area contributed by atoms with Crippen molar-refractivity contribution in [2.75, 3.05) is 7.11 Å². The summed E-state index contributed by atoms with van der Waals surface area (Å²) in [6.45, 7) is 3.88. The Morgan fingerprint density at radius 2 is 1.96 bits per heavy atom. The first-order valence-electron chi connectivity index (χ1n) is 8.25. The molecule has 134 valence electrons. The summed E-state index contributed by atoms with van der Waals surface area (Å²) in [6.07, 6.45) is 3.25. The largest absolute Gasteiger partial charge is 0.481 e. The van der Waals surface area contributed by atoms with Crippen molar-refractivity contribution in [2.24, 2.45) is 7.05 Å². The van der Waals surface area contributed by atoms with E-state index in [-0.39, 0.29) is 11.9 Å². The van der Waals surface area contributed by atoms with E-state index in [2.05, 4.69) is 20.4 Å². The van der Waals surface area contributed by atoms with Crippen LogP contribution in [-0.2, 0) is 7.05 Å². The zero-order chi connectivity index (χ0) is 18.7. The van der Waals surface area contributed by atoms with Crippen molar-refractivity contribution in [3.8, 4) is 17.0 Å². The molecule has 0 saturated carbocycles.